The standard InChI is InChI=1S/C28H18N2O2/c29-18-26(28(31)32)27-24-14-8-7-13-22(24)23-16-15-21(17-25(23)27)30(19-9-3-1-4-10-19)20-11-5-2-6-12-20/h1-17H,(H,31,32). The molecular weight excluding hydrogens is 396 g/mol. The number of nitrogens with zero attached hydrogens (tertiary/aromatic N) is 2. The summed E-state index contributed by atoms with van der Waals surface area (Å²) in [7, 11) is 0. The van der Waals surface area contributed by atoms with Crippen molar-refractivity contribution in [1.29, 1.82) is 5.26 Å². The van der Waals surface area contributed by atoms with Crippen molar-refractivity contribution in [3.05, 3.63) is 120 Å². The molecule has 1 aliphatic carbocycles. The monoisotopic (exact) mass is 414 g/mol. The van der Waals surface area contributed by atoms with E-state index in [1.165, 1.54) is 0 Å². The minimum absolute atomic E-state index is 0.251. The maximum Gasteiger partial charge on any atom is 0.347 e. The van der Waals surface area contributed by atoms with E-state index in [-0.39, 0.29) is 5.57 Å². The van der Waals surface area contributed by atoms with Crippen LogP contribution in [0.25, 0.3) is 16.7 Å². The van der Waals surface area contributed by atoms with Crippen molar-refractivity contribution in [2.24, 2.45) is 0 Å². The molecule has 0 saturated carbocycles. The number of nitriles is 1. The topological polar surface area (TPSA) is 64.3 Å². The van der Waals surface area contributed by atoms with Gasteiger partial charge in [0.1, 0.15) is 11.6 Å². The van der Waals surface area contributed by atoms with Crippen LogP contribution < -0.4 is 4.90 Å². The number of rotatable bonds is 4. The van der Waals surface area contributed by atoms with Crippen LogP contribution in [0.4, 0.5) is 17.1 Å². The van der Waals surface area contributed by atoms with E-state index in [2.05, 4.69) is 4.90 Å². The number of hydrogen-bond donors (Lipinski definition) is 1. The number of para-hydroxylation sites is 2. The molecule has 152 valence electrons. The Bertz CT molecular complexity index is 1360. The van der Waals surface area contributed by atoms with Gasteiger partial charge < -0.3 is 10.0 Å². The molecule has 0 aliphatic heterocycles. The third kappa shape index (κ3) is 3.13. The molecule has 1 N–H and O–H groups in total. The minimum Gasteiger partial charge on any atom is -0.477 e. The summed E-state index contributed by atoms with van der Waals surface area (Å²) < 4.78 is 0. The van der Waals surface area contributed by atoms with Gasteiger partial charge in [0.15, 0.2) is 0 Å². The van der Waals surface area contributed by atoms with Gasteiger partial charge in [-0.05, 0) is 58.7 Å². The second-order valence-electron chi connectivity index (χ2n) is 7.45. The van der Waals surface area contributed by atoms with Gasteiger partial charge in [0.05, 0.1) is 0 Å². The largest absolute Gasteiger partial charge is 0.477 e. The fraction of sp³-hybridized carbons (Fsp3) is 0. The summed E-state index contributed by atoms with van der Waals surface area (Å²) in [5, 5.41) is 19.4. The number of fused-ring (bicyclic) bond motifs is 3. The Balaban J connectivity index is 1.77. The normalized spacial score (nSPS) is 13.0. The lowest BCUT2D eigenvalue weighted by molar-refractivity contribution is -0.132. The van der Waals surface area contributed by atoms with Crippen molar-refractivity contribution in [2.75, 3.05) is 4.90 Å². The van der Waals surface area contributed by atoms with E-state index in [9.17, 15) is 15.2 Å². The molecule has 0 heterocycles. The first-order chi connectivity index (χ1) is 15.7. The van der Waals surface area contributed by atoms with E-state index < -0.39 is 5.97 Å². The zero-order valence-electron chi connectivity index (χ0n) is 17.1. The predicted octanol–water partition coefficient (Wildman–Crippen LogP) is 6.55. The van der Waals surface area contributed by atoms with Gasteiger partial charge >= 0.3 is 5.97 Å². The van der Waals surface area contributed by atoms with Crippen molar-refractivity contribution < 1.29 is 9.90 Å². The number of carboxylic acid groups (broad SMARTS) is 1. The van der Waals surface area contributed by atoms with Crippen molar-refractivity contribution in [1.82, 2.24) is 0 Å². The maximum absolute atomic E-state index is 11.9. The molecule has 4 heteroatoms. The van der Waals surface area contributed by atoms with Crippen LogP contribution in [-0.4, -0.2) is 11.1 Å². The number of carbonyl (C=O) groups is 1. The molecule has 32 heavy (non-hydrogen) atoms. The fourth-order valence-corrected chi connectivity index (χ4v) is 4.28. The van der Waals surface area contributed by atoms with Gasteiger partial charge in [0.2, 0.25) is 0 Å². The molecule has 0 amide bonds. The second kappa shape index (κ2) is 7.90. The molecule has 0 fully saturated rings. The summed E-state index contributed by atoms with van der Waals surface area (Å²) in [5.41, 5.74) is 6.45. The lowest BCUT2D eigenvalue weighted by Gasteiger charge is -2.26. The summed E-state index contributed by atoms with van der Waals surface area (Å²) in [6.45, 7) is 0. The lowest BCUT2D eigenvalue weighted by atomic mass is 9.98. The molecule has 0 aromatic heterocycles. The molecule has 0 atom stereocenters. The predicted molar refractivity (Wildman–Crippen MR) is 126 cm³/mol. The van der Waals surface area contributed by atoms with E-state index in [1.807, 2.05) is 109 Å². The molecule has 0 spiro atoms. The SMILES string of the molecule is N#CC(C(=O)O)=C1c2ccccc2-c2ccc(N(c3ccccc3)c3ccccc3)cc21. The average Bonchev–Trinajstić information content (AvgIpc) is 3.15. The number of hydrogen-bond acceptors (Lipinski definition) is 3. The number of benzene rings is 4. The smallest absolute Gasteiger partial charge is 0.347 e. The summed E-state index contributed by atoms with van der Waals surface area (Å²) in [4.78, 5) is 14.0. The van der Waals surface area contributed by atoms with Gasteiger partial charge in [-0.3, -0.25) is 0 Å². The number of carboxylic acids is 1. The summed E-state index contributed by atoms with van der Waals surface area (Å²) in [6.07, 6.45) is 0. The van der Waals surface area contributed by atoms with Crippen LogP contribution >= 0.6 is 0 Å². The van der Waals surface area contributed by atoms with Crippen LogP contribution in [0.1, 0.15) is 11.1 Å². The first-order valence-electron chi connectivity index (χ1n) is 10.2. The highest BCUT2D eigenvalue weighted by molar-refractivity contribution is 6.12. The highest BCUT2D eigenvalue weighted by atomic mass is 16.4. The summed E-state index contributed by atoms with van der Waals surface area (Å²) in [6, 6.07) is 35.5. The Hall–Kier alpha value is -4.62. The zero-order chi connectivity index (χ0) is 22.1. The number of aliphatic carboxylic acids is 1. The van der Waals surface area contributed by atoms with E-state index in [1.54, 1.807) is 0 Å². The highest BCUT2D eigenvalue weighted by Crippen LogP contribution is 2.48. The Morgan fingerprint density at radius 3 is 1.75 bits per heavy atom. The van der Waals surface area contributed by atoms with Gasteiger partial charge in [0, 0.05) is 22.6 Å². The Labute approximate surface area is 185 Å². The highest BCUT2D eigenvalue weighted by Gasteiger charge is 2.29. The molecule has 0 radical (unpaired) electrons. The van der Waals surface area contributed by atoms with Crippen molar-refractivity contribution in [3.63, 3.8) is 0 Å². The fourth-order valence-electron chi connectivity index (χ4n) is 4.28. The van der Waals surface area contributed by atoms with Crippen LogP contribution in [0, 0.1) is 11.3 Å². The Morgan fingerprint density at radius 1 is 0.656 bits per heavy atom. The maximum atomic E-state index is 11.9. The average molecular weight is 414 g/mol. The molecule has 0 unspecified atom stereocenters. The minimum atomic E-state index is -1.22. The van der Waals surface area contributed by atoms with Gasteiger partial charge in [0.25, 0.3) is 0 Å². The van der Waals surface area contributed by atoms with Gasteiger partial charge in [-0.25, -0.2) is 4.79 Å². The molecular formula is C28H18N2O2. The second-order valence-corrected chi connectivity index (χ2v) is 7.45. The molecule has 0 saturated heterocycles. The van der Waals surface area contributed by atoms with E-state index >= 15 is 0 Å². The lowest BCUT2D eigenvalue weighted by Crippen LogP contribution is -2.10. The summed E-state index contributed by atoms with van der Waals surface area (Å²) >= 11 is 0. The molecule has 1 aliphatic rings. The Morgan fingerprint density at radius 2 is 1.19 bits per heavy atom. The van der Waals surface area contributed by atoms with E-state index in [0.717, 1.165) is 39.3 Å². The van der Waals surface area contributed by atoms with Crippen molar-refractivity contribution >= 4 is 28.6 Å². The van der Waals surface area contributed by atoms with E-state index in [4.69, 9.17) is 0 Å². The van der Waals surface area contributed by atoms with Gasteiger partial charge in [-0.15, -0.1) is 0 Å². The first-order valence-corrected chi connectivity index (χ1v) is 10.2. The van der Waals surface area contributed by atoms with Crippen LogP contribution in [0.5, 0.6) is 0 Å². The third-order valence-corrected chi connectivity index (χ3v) is 5.62. The number of anilines is 3. The van der Waals surface area contributed by atoms with Crippen molar-refractivity contribution in [2.45, 2.75) is 0 Å². The molecule has 4 nitrogen and oxygen atoms in total. The van der Waals surface area contributed by atoms with Crippen LogP contribution in [0.2, 0.25) is 0 Å². The Kier molecular flexibility index (Phi) is 4.78. The summed E-state index contributed by atoms with van der Waals surface area (Å²) in [5.74, 6) is -1.22. The molecule has 5 rings (SSSR count). The van der Waals surface area contributed by atoms with Gasteiger partial charge in [-0.1, -0.05) is 66.7 Å². The molecule has 4 aromatic carbocycles. The van der Waals surface area contributed by atoms with Crippen LogP contribution in [0.15, 0.2) is 109 Å². The quantitative estimate of drug-likeness (QED) is 0.268. The first kappa shape index (κ1) is 19.3. The van der Waals surface area contributed by atoms with Gasteiger partial charge in [-0.2, -0.15) is 5.26 Å². The van der Waals surface area contributed by atoms with E-state index in [0.29, 0.717) is 5.57 Å². The molecule has 4 aromatic rings. The zero-order valence-corrected chi connectivity index (χ0v) is 17.1. The third-order valence-electron chi connectivity index (χ3n) is 5.62. The van der Waals surface area contributed by atoms with Crippen LogP contribution in [-0.2, 0) is 4.79 Å². The molecule has 0 bridgehead atoms. The van der Waals surface area contributed by atoms with Crippen molar-refractivity contribution in [3.8, 4) is 17.2 Å². The van der Waals surface area contributed by atoms with Crippen LogP contribution in [0.3, 0.4) is 0 Å².